The third-order valence-corrected chi connectivity index (χ3v) is 5.37. The van der Waals surface area contributed by atoms with Crippen molar-refractivity contribution in [1.82, 2.24) is 0 Å². The third-order valence-electron chi connectivity index (χ3n) is 4.07. The number of thioether (sulfide) groups is 1. The molecule has 7 heteroatoms. The molecule has 1 amide bonds. The number of anilines is 1. The van der Waals surface area contributed by atoms with Crippen molar-refractivity contribution in [2.24, 2.45) is 0 Å². The Hall–Kier alpha value is -2.51. The van der Waals surface area contributed by atoms with Gasteiger partial charge in [0.2, 0.25) is 0 Å². The highest BCUT2D eigenvalue weighted by atomic mass is 32.2. The van der Waals surface area contributed by atoms with Gasteiger partial charge in [-0.15, -0.1) is 0 Å². The molecule has 0 atom stereocenters. The van der Waals surface area contributed by atoms with Crippen LogP contribution in [0.4, 0.5) is 5.69 Å². The molecular weight excluding hydrogens is 394 g/mol. The van der Waals surface area contributed by atoms with E-state index in [0.717, 1.165) is 17.7 Å². The zero-order chi connectivity index (χ0) is 20.1. The molecule has 2 aromatic carbocycles. The normalized spacial score (nSPS) is 15.2. The van der Waals surface area contributed by atoms with Crippen molar-refractivity contribution in [3.8, 4) is 17.2 Å². The molecule has 0 unspecified atom stereocenters. The number of carbonyl (C=O) groups is 1. The van der Waals surface area contributed by atoms with Gasteiger partial charge in [0.25, 0.3) is 5.91 Å². The minimum Gasteiger partial charge on any atom is -0.497 e. The number of carbonyl (C=O) groups excluding carboxylic acids is 1. The summed E-state index contributed by atoms with van der Waals surface area (Å²) in [5.41, 5.74) is 1.56. The average Bonchev–Trinajstić information content (AvgIpc) is 3.00. The van der Waals surface area contributed by atoms with Crippen molar-refractivity contribution in [2.45, 2.75) is 13.3 Å². The molecule has 5 nitrogen and oxygen atoms in total. The molecule has 0 aromatic heterocycles. The van der Waals surface area contributed by atoms with Gasteiger partial charge in [-0.05, 0) is 54.5 Å². The fourth-order valence-electron chi connectivity index (χ4n) is 2.68. The highest BCUT2D eigenvalue weighted by molar-refractivity contribution is 8.27. The van der Waals surface area contributed by atoms with Crippen LogP contribution in [0.3, 0.4) is 0 Å². The van der Waals surface area contributed by atoms with Crippen molar-refractivity contribution in [2.75, 3.05) is 25.7 Å². The second-order valence-corrected chi connectivity index (χ2v) is 7.65. The van der Waals surface area contributed by atoms with Gasteiger partial charge in [0.1, 0.15) is 5.75 Å². The quantitative estimate of drug-likeness (QED) is 0.474. The second-order valence-electron chi connectivity index (χ2n) is 5.97. The lowest BCUT2D eigenvalue weighted by Gasteiger charge is -2.14. The number of nitrogens with zero attached hydrogens (tertiary/aromatic N) is 1. The minimum absolute atomic E-state index is 0.148. The number of ether oxygens (including phenoxy) is 3. The van der Waals surface area contributed by atoms with Crippen molar-refractivity contribution in [3.63, 3.8) is 0 Å². The summed E-state index contributed by atoms with van der Waals surface area (Å²) in [5, 5.41) is 0. The Kier molecular flexibility index (Phi) is 6.59. The van der Waals surface area contributed by atoms with Gasteiger partial charge in [0, 0.05) is 0 Å². The molecule has 2 aromatic rings. The molecule has 3 rings (SSSR count). The van der Waals surface area contributed by atoms with Crippen LogP contribution >= 0.6 is 24.0 Å². The SMILES string of the molecule is CCCOc1ccc(/C=C2\SC(=S)N(c3ccc(OC)cc3)C2=O)cc1OC. The van der Waals surface area contributed by atoms with Crippen LogP contribution in [0.5, 0.6) is 17.2 Å². The summed E-state index contributed by atoms with van der Waals surface area (Å²) in [5.74, 6) is 1.90. The third kappa shape index (κ3) is 4.31. The number of methoxy groups -OCH3 is 2. The first-order valence-electron chi connectivity index (χ1n) is 8.80. The van der Waals surface area contributed by atoms with Gasteiger partial charge >= 0.3 is 0 Å². The van der Waals surface area contributed by atoms with Crippen molar-refractivity contribution >= 4 is 46.0 Å². The number of thiocarbonyl (C=S) groups is 1. The fourth-order valence-corrected chi connectivity index (χ4v) is 3.98. The van der Waals surface area contributed by atoms with E-state index in [2.05, 4.69) is 0 Å². The molecule has 0 aliphatic carbocycles. The van der Waals surface area contributed by atoms with Crippen LogP contribution in [0.15, 0.2) is 47.4 Å². The first kappa shape index (κ1) is 20.2. The summed E-state index contributed by atoms with van der Waals surface area (Å²) >= 11 is 6.70. The summed E-state index contributed by atoms with van der Waals surface area (Å²) in [4.78, 5) is 15.0. The van der Waals surface area contributed by atoms with Gasteiger partial charge < -0.3 is 14.2 Å². The Bertz CT molecular complexity index is 909. The Morgan fingerprint density at radius 2 is 1.82 bits per heavy atom. The van der Waals surface area contributed by atoms with E-state index in [9.17, 15) is 4.79 Å². The van der Waals surface area contributed by atoms with Gasteiger partial charge in [0.05, 0.1) is 31.4 Å². The van der Waals surface area contributed by atoms with E-state index < -0.39 is 0 Å². The molecule has 1 fully saturated rings. The van der Waals surface area contributed by atoms with Crippen molar-refractivity contribution in [1.29, 1.82) is 0 Å². The van der Waals surface area contributed by atoms with E-state index >= 15 is 0 Å². The van der Waals surface area contributed by atoms with E-state index in [1.165, 1.54) is 16.7 Å². The molecule has 1 aliphatic rings. The molecule has 1 heterocycles. The van der Waals surface area contributed by atoms with Crippen molar-refractivity contribution < 1.29 is 19.0 Å². The molecule has 1 aliphatic heterocycles. The van der Waals surface area contributed by atoms with Gasteiger partial charge in [-0.25, -0.2) is 0 Å². The second kappa shape index (κ2) is 9.12. The van der Waals surface area contributed by atoms with Crippen LogP contribution in [0.2, 0.25) is 0 Å². The maximum Gasteiger partial charge on any atom is 0.270 e. The first-order valence-corrected chi connectivity index (χ1v) is 10.0. The Morgan fingerprint density at radius 1 is 1.07 bits per heavy atom. The molecule has 146 valence electrons. The monoisotopic (exact) mass is 415 g/mol. The minimum atomic E-state index is -0.148. The summed E-state index contributed by atoms with van der Waals surface area (Å²) in [6.45, 7) is 2.67. The molecule has 0 spiro atoms. The maximum atomic E-state index is 12.9. The highest BCUT2D eigenvalue weighted by Gasteiger charge is 2.33. The summed E-state index contributed by atoms with van der Waals surface area (Å²) in [6.07, 6.45) is 2.73. The number of benzene rings is 2. The van der Waals surface area contributed by atoms with E-state index in [4.69, 9.17) is 26.4 Å². The molecule has 1 saturated heterocycles. The topological polar surface area (TPSA) is 48.0 Å². The molecule has 0 radical (unpaired) electrons. The van der Waals surface area contributed by atoms with Crippen LogP contribution in [-0.2, 0) is 4.79 Å². The Labute approximate surface area is 174 Å². The predicted molar refractivity (Wildman–Crippen MR) is 117 cm³/mol. The molecule has 28 heavy (non-hydrogen) atoms. The first-order chi connectivity index (χ1) is 13.6. The lowest BCUT2D eigenvalue weighted by molar-refractivity contribution is -0.113. The zero-order valence-electron chi connectivity index (χ0n) is 15.9. The van der Waals surface area contributed by atoms with Gasteiger partial charge in [-0.3, -0.25) is 9.69 Å². The Morgan fingerprint density at radius 3 is 2.46 bits per heavy atom. The lowest BCUT2D eigenvalue weighted by Crippen LogP contribution is -2.27. The van der Waals surface area contributed by atoms with E-state index in [0.29, 0.717) is 33.0 Å². The standard InChI is InChI=1S/C21H21NO4S2/c1-4-11-26-17-10-5-14(12-18(17)25-3)13-19-20(23)22(21(27)28-19)15-6-8-16(24-2)9-7-15/h5-10,12-13H,4,11H2,1-3H3/b19-13-. The summed E-state index contributed by atoms with van der Waals surface area (Å²) in [7, 11) is 3.20. The van der Waals surface area contributed by atoms with E-state index in [-0.39, 0.29) is 5.91 Å². The van der Waals surface area contributed by atoms with Gasteiger partial charge in [-0.1, -0.05) is 37.0 Å². The largest absolute Gasteiger partial charge is 0.497 e. The van der Waals surface area contributed by atoms with E-state index in [1.54, 1.807) is 26.4 Å². The van der Waals surface area contributed by atoms with Gasteiger partial charge in [0.15, 0.2) is 15.8 Å². The number of amides is 1. The Balaban J connectivity index is 1.84. The van der Waals surface area contributed by atoms with Crippen LogP contribution < -0.4 is 19.1 Å². The van der Waals surface area contributed by atoms with E-state index in [1.807, 2.05) is 43.3 Å². The lowest BCUT2D eigenvalue weighted by atomic mass is 10.1. The number of hydrogen-bond donors (Lipinski definition) is 0. The molecule has 0 saturated carbocycles. The molecule has 0 N–H and O–H groups in total. The maximum absolute atomic E-state index is 12.9. The number of rotatable bonds is 7. The van der Waals surface area contributed by atoms with Gasteiger partial charge in [-0.2, -0.15) is 0 Å². The molecular formula is C21H21NO4S2. The summed E-state index contributed by atoms with van der Waals surface area (Å²) in [6, 6.07) is 12.8. The van der Waals surface area contributed by atoms with Crippen LogP contribution in [-0.4, -0.2) is 31.1 Å². The van der Waals surface area contributed by atoms with Crippen LogP contribution in [0.25, 0.3) is 6.08 Å². The zero-order valence-corrected chi connectivity index (χ0v) is 17.6. The van der Waals surface area contributed by atoms with Crippen LogP contribution in [0.1, 0.15) is 18.9 Å². The fraction of sp³-hybridized carbons (Fsp3) is 0.238. The predicted octanol–water partition coefficient (Wildman–Crippen LogP) is 4.90. The molecule has 0 bridgehead atoms. The smallest absolute Gasteiger partial charge is 0.270 e. The summed E-state index contributed by atoms with van der Waals surface area (Å²) < 4.78 is 16.8. The van der Waals surface area contributed by atoms with Crippen molar-refractivity contribution in [3.05, 3.63) is 52.9 Å². The highest BCUT2D eigenvalue weighted by Crippen LogP contribution is 2.37. The number of hydrogen-bond acceptors (Lipinski definition) is 6. The van der Waals surface area contributed by atoms with Crippen LogP contribution in [0, 0.1) is 0 Å². The average molecular weight is 416 g/mol.